The fraction of sp³-hybridized carbons (Fsp3) is 0.182. The first-order valence-electron chi connectivity index (χ1n) is 9.86. The average molecular weight is 414 g/mol. The molecule has 9 heteroatoms. The van der Waals surface area contributed by atoms with Crippen molar-refractivity contribution in [2.24, 2.45) is 5.18 Å². The Morgan fingerprint density at radius 1 is 1.19 bits per heavy atom. The second-order valence-electron chi connectivity index (χ2n) is 7.22. The van der Waals surface area contributed by atoms with Crippen LogP contribution in [0.1, 0.15) is 40.0 Å². The molecule has 4 aromatic rings. The van der Waals surface area contributed by atoms with Crippen LogP contribution in [0.2, 0.25) is 0 Å². The van der Waals surface area contributed by atoms with Crippen molar-refractivity contribution >= 4 is 28.3 Å². The van der Waals surface area contributed by atoms with Crippen molar-refractivity contribution < 1.29 is 9.21 Å². The molecule has 0 spiro atoms. The number of amides is 1. The van der Waals surface area contributed by atoms with E-state index in [9.17, 15) is 9.70 Å². The Balaban J connectivity index is 1.45. The summed E-state index contributed by atoms with van der Waals surface area (Å²) in [6, 6.07) is 8.99. The first-order chi connectivity index (χ1) is 15.2. The molecule has 1 aliphatic carbocycles. The number of nitrogens with one attached hydrogen (secondary N) is 2. The molecule has 1 amide bonds. The molecule has 1 aliphatic rings. The molecule has 0 aliphatic heterocycles. The highest BCUT2D eigenvalue weighted by atomic mass is 16.3. The lowest BCUT2D eigenvalue weighted by Crippen LogP contribution is -2.24. The summed E-state index contributed by atoms with van der Waals surface area (Å²) >= 11 is 0. The van der Waals surface area contributed by atoms with Gasteiger partial charge >= 0.3 is 0 Å². The van der Waals surface area contributed by atoms with Crippen molar-refractivity contribution in [2.75, 3.05) is 5.32 Å². The van der Waals surface area contributed by atoms with E-state index in [1.54, 1.807) is 36.9 Å². The molecular formula is C22H18N6O3. The maximum Gasteiger partial charge on any atom is 0.289 e. The number of hydrogen-bond acceptors (Lipinski definition) is 8. The number of fused-ring (bicyclic) bond motifs is 2. The summed E-state index contributed by atoms with van der Waals surface area (Å²) in [6.45, 7) is 0.174. The zero-order valence-corrected chi connectivity index (χ0v) is 16.4. The van der Waals surface area contributed by atoms with E-state index in [4.69, 9.17) is 4.42 Å². The van der Waals surface area contributed by atoms with E-state index in [0.717, 1.165) is 35.0 Å². The number of nitroso groups, excluding NO2 is 1. The number of anilines is 2. The number of hydrogen-bond donors (Lipinski definition) is 2. The van der Waals surface area contributed by atoms with Gasteiger partial charge in [0, 0.05) is 29.7 Å². The van der Waals surface area contributed by atoms with Crippen molar-refractivity contribution in [1.82, 2.24) is 20.3 Å². The van der Waals surface area contributed by atoms with Crippen LogP contribution in [0.4, 0.5) is 11.4 Å². The average Bonchev–Trinajstić information content (AvgIpc) is 3.39. The Kier molecular flexibility index (Phi) is 4.83. The van der Waals surface area contributed by atoms with Crippen LogP contribution in [0.25, 0.3) is 11.0 Å². The van der Waals surface area contributed by atoms with E-state index in [-0.39, 0.29) is 18.3 Å². The number of furan rings is 1. The summed E-state index contributed by atoms with van der Waals surface area (Å²) in [6.07, 6.45) is 7.96. The van der Waals surface area contributed by atoms with E-state index < -0.39 is 5.91 Å². The van der Waals surface area contributed by atoms with Crippen LogP contribution in [0, 0.1) is 4.91 Å². The third-order valence-corrected chi connectivity index (χ3v) is 5.31. The third kappa shape index (κ3) is 3.61. The monoisotopic (exact) mass is 414 g/mol. The van der Waals surface area contributed by atoms with Crippen molar-refractivity contribution in [3.63, 3.8) is 0 Å². The lowest BCUT2D eigenvalue weighted by Gasteiger charge is -2.10. The molecule has 0 fully saturated rings. The number of aromatic nitrogens is 3. The molecule has 2 N–H and O–H groups in total. The third-order valence-electron chi connectivity index (χ3n) is 5.31. The minimum atomic E-state index is -0.391. The largest absolute Gasteiger partial charge is 0.447 e. The number of aryl methyl sites for hydroxylation is 1. The van der Waals surface area contributed by atoms with E-state index in [2.05, 4.69) is 30.8 Å². The summed E-state index contributed by atoms with van der Waals surface area (Å²) in [5, 5.41) is 10.0. The van der Waals surface area contributed by atoms with Crippen molar-refractivity contribution in [1.29, 1.82) is 0 Å². The second-order valence-corrected chi connectivity index (χ2v) is 7.22. The summed E-state index contributed by atoms with van der Waals surface area (Å²) in [7, 11) is 0. The molecule has 0 radical (unpaired) electrons. The normalized spacial score (nSPS) is 14.9. The van der Waals surface area contributed by atoms with Gasteiger partial charge in [-0.2, -0.15) is 4.91 Å². The molecule has 3 heterocycles. The predicted octanol–water partition coefficient (Wildman–Crippen LogP) is 4.05. The lowest BCUT2D eigenvalue weighted by atomic mass is 10.1. The number of nitrogens with zero attached hydrogens (tertiary/aromatic N) is 4. The molecule has 0 saturated carbocycles. The Morgan fingerprint density at radius 2 is 2.06 bits per heavy atom. The van der Waals surface area contributed by atoms with Gasteiger partial charge in [-0.1, -0.05) is 11.2 Å². The Morgan fingerprint density at radius 3 is 2.90 bits per heavy atom. The molecule has 31 heavy (non-hydrogen) atoms. The number of carbonyl (C=O) groups is 1. The van der Waals surface area contributed by atoms with Gasteiger partial charge in [0.2, 0.25) is 5.76 Å². The standard InChI is InChI=1S/C22H18N6O3/c29-22(26-12-19-24-7-1-8-25-19)21-20(16-6-9-23-11-18(16)31-21)27-14-3-4-15-13(10-14)2-5-17(15)28-30/h1,3-4,6-11,17,27H,2,5,12H2,(H,26,29). The number of benzene rings is 1. The zero-order valence-electron chi connectivity index (χ0n) is 16.4. The molecule has 1 atom stereocenters. The van der Waals surface area contributed by atoms with E-state index in [1.807, 2.05) is 18.2 Å². The molecular weight excluding hydrogens is 396 g/mol. The quantitative estimate of drug-likeness (QED) is 0.456. The molecule has 0 saturated heterocycles. The minimum Gasteiger partial charge on any atom is -0.447 e. The fourth-order valence-electron chi connectivity index (χ4n) is 3.82. The van der Waals surface area contributed by atoms with Gasteiger partial charge in [0.25, 0.3) is 5.91 Å². The van der Waals surface area contributed by atoms with Crippen molar-refractivity contribution in [2.45, 2.75) is 25.4 Å². The van der Waals surface area contributed by atoms with Crippen LogP contribution < -0.4 is 10.6 Å². The van der Waals surface area contributed by atoms with Gasteiger partial charge in [0.1, 0.15) is 11.9 Å². The van der Waals surface area contributed by atoms with Crippen LogP contribution in [0.3, 0.4) is 0 Å². The summed E-state index contributed by atoms with van der Waals surface area (Å²) in [4.78, 5) is 36.2. The van der Waals surface area contributed by atoms with Crippen molar-refractivity contribution in [3.8, 4) is 0 Å². The highest BCUT2D eigenvalue weighted by Gasteiger charge is 2.25. The summed E-state index contributed by atoms with van der Waals surface area (Å²) in [5.74, 6) is 0.254. The van der Waals surface area contributed by atoms with Crippen LogP contribution in [0.15, 0.2) is 64.7 Å². The SMILES string of the molecule is O=NC1CCc2cc(Nc3c(C(=O)NCc4ncccn4)oc4cnccc34)ccc21. The van der Waals surface area contributed by atoms with Crippen LogP contribution in [0.5, 0.6) is 0 Å². The molecule has 0 bridgehead atoms. The number of carbonyl (C=O) groups excluding carboxylic acids is 1. The summed E-state index contributed by atoms with van der Waals surface area (Å²) < 4.78 is 5.81. The van der Waals surface area contributed by atoms with Gasteiger partial charge in [-0.15, -0.1) is 0 Å². The van der Waals surface area contributed by atoms with Crippen LogP contribution in [-0.4, -0.2) is 20.9 Å². The van der Waals surface area contributed by atoms with Crippen LogP contribution >= 0.6 is 0 Å². The minimum absolute atomic E-state index is 0.145. The first-order valence-corrected chi connectivity index (χ1v) is 9.86. The van der Waals surface area contributed by atoms with Gasteiger partial charge in [-0.3, -0.25) is 9.78 Å². The van der Waals surface area contributed by atoms with E-state index in [0.29, 0.717) is 17.1 Å². The second kappa shape index (κ2) is 7.94. The molecule has 1 aromatic carbocycles. The van der Waals surface area contributed by atoms with Crippen molar-refractivity contribution in [3.05, 3.63) is 82.7 Å². The molecule has 3 aromatic heterocycles. The number of pyridine rings is 1. The van der Waals surface area contributed by atoms with Gasteiger partial charge in [-0.25, -0.2) is 9.97 Å². The predicted molar refractivity (Wildman–Crippen MR) is 114 cm³/mol. The molecule has 9 nitrogen and oxygen atoms in total. The fourth-order valence-corrected chi connectivity index (χ4v) is 3.82. The maximum absolute atomic E-state index is 12.9. The topological polar surface area (TPSA) is 122 Å². The van der Waals surface area contributed by atoms with Gasteiger partial charge in [0.15, 0.2) is 5.58 Å². The smallest absolute Gasteiger partial charge is 0.289 e. The summed E-state index contributed by atoms with van der Waals surface area (Å²) in [5.41, 5.74) is 3.88. The molecule has 1 unspecified atom stereocenters. The molecule has 154 valence electrons. The Bertz CT molecular complexity index is 1270. The number of rotatable bonds is 6. The zero-order chi connectivity index (χ0) is 21.2. The lowest BCUT2D eigenvalue weighted by molar-refractivity contribution is 0.0925. The van der Waals surface area contributed by atoms with E-state index in [1.165, 1.54) is 0 Å². The Labute approximate surface area is 176 Å². The van der Waals surface area contributed by atoms with Gasteiger partial charge < -0.3 is 15.1 Å². The highest BCUT2D eigenvalue weighted by Crippen LogP contribution is 2.37. The first kappa shape index (κ1) is 18.9. The molecule has 5 rings (SSSR count). The Hall–Kier alpha value is -4.14. The van der Waals surface area contributed by atoms with Crippen LogP contribution in [-0.2, 0) is 13.0 Å². The highest BCUT2D eigenvalue weighted by molar-refractivity contribution is 6.07. The van der Waals surface area contributed by atoms with E-state index >= 15 is 0 Å². The van der Waals surface area contributed by atoms with Gasteiger partial charge in [-0.05, 0) is 48.2 Å². The maximum atomic E-state index is 12.9. The van der Waals surface area contributed by atoms with Gasteiger partial charge in [0.05, 0.1) is 18.4 Å².